The van der Waals surface area contributed by atoms with Crippen molar-refractivity contribution in [1.82, 2.24) is 10.6 Å². The Hall–Kier alpha value is -3.14. The lowest BCUT2D eigenvalue weighted by molar-refractivity contribution is -0.123. The van der Waals surface area contributed by atoms with Crippen LogP contribution in [0.3, 0.4) is 0 Å². The van der Waals surface area contributed by atoms with Gasteiger partial charge in [-0.15, -0.1) is 0 Å². The number of hydrogen-bond donors (Lipinski definition) is 3. The summed E-state index contributed by atoms with van der Waals surface area (Å²) in [5, 5.41) is 7.95. The topological polar surface area (TPSA) is 106 Å². The summed E-state index contributed by atoms with van der Waals surface area (Å²) in [6.45, 7) is -0.332. The quantitative estimate of drug-likeness (QED) is 0.334. The van der Waals surface area contributed by atoms with Crippen LogP contribution in [0.25, 0.3) is 6.08 Å². The molecule has 0 aliphatic carbocycles. The lowest BCUT2D eigenvalue weighted by Gasteiger charge is -2.17. The first-order chi connectivity index (χ1) is 14.8. The largest absolute Gasteiger partial charge is 0.493 e. The summed E-state index contributed by atoms with van der Waals surface area (Å²) in [4.78, 5) is 36.2. The van der Waals surface area contributed by atoms with E-state index in [1.165, 1.54) is 25.3 Å². The predicted octanol–water partition coefficient (Wildman–Crippen LogP) is 2.93. The van der Waals surface area contributed by atoms with E-state index in [2.05, 4.69) is 16.0 Å². The molecule has 1 aliphatic rings. The molecule has 1 heterocycles. The van der Waals surface area contributed by atoms with Gasteiger partial charge in [-0.05, 0) is 60.3 Å². The highest BCUT2D eigenvalue weighted by atomic mass is 35.5. The van der Waals surface area contributed by atoms with Crippen LogP contribution in [0.15, 0.2) is 42.0 Å². The van der Waals surface area contributed by atoms with Gasteiger partial charge in [0.25, 0.3) is 17.7 Å². The lowest BCUT2D eigenvalue weighted by Crippen LogP contribution is -2.51. The number of rotatable bonds is 6. The van der Waals surface area contributed by atoms with Crippen LogP contribution in [-0.2, 0) is 14.4 Å². The number of benzene rings is 2. The van der Waals surface area contributed by atoms with Crippen LogP contribution in [0.2, 0.25) is 10.0 Å². The van der Waals surface area contributed by atoms with Crippen molar-refractivity contribution in [3.63, 3.8) is 0 Å². The maximum absolute atomic E-state index is 12.1. The molecule has 8 nitrogen and oxygen atoms in total. The number of thiocarbonyl (C=S) groups is 1. The van der Waals surface area contributed by atoms with E-state index in [0.29, 0.717) is 16.3 Å². The second-order valence-electron chi connectivity index (χ2n) is 6.17. The monoisotopic (exact) mass is 479 g/mol. The van der Waals surface area contributed by atoms with E-state index in [0.717, 1.165) is 0 Å². The number of amides is 3. The highest BCUT2D eigenvalue weighted by Gasteiger charge is 2.26. The molecule has 0 radical (unpaired) electrons. The minimum absolute atomic E-state index is 0.0663. The van der Waals surface area contributed by atoms with Gasteiger partial charge < -0.3 is 14.8 Å². The van der Waals surface area contributed by atoms with Gasteiger partial charge in [0.2, 0.25) is 0 Å². The molecular weight excluding hydrogens is 465 g/mol. The van der Waals surface area contributed by atoms with Crippen LogP contribution in [0, 0.1) is 0 Å². The van der Waals surface area contributed by atoms with Crippen molar-refractivity contribution < 1.29 is 23.9 Å². The van der Waals surface area contributed by atoms with Crippen molar-refractivity contribution in [2.75, 3.05) is 19.0 Å². The molecule has 2 aromatic rings. The fraction of sp³-hybridized carbons (Fsp3) is 0.100. The summed E-state index contributed by atoms with van der Waals surface area (Å²) in [5.41, 5.74) is 0.817. The minimum atomic E-state index is -0.636. The molecule has 3 rings (SSSR count). The average molecular weight is 480 g/mol. The Labute approximate surface area is 192 Å². The van der Waals surface area contributed by atoms with E-state index in [-0.39, 0.29) is 33.8 Å². The van der Waals surface area contributed by atoms with E-state index < -0.39 is 17.7 Å². The molecule has 2 aromatic carbocycles. The Balaban J connectivity index is 1.75. The van der Waals surface area contributed by atoms with Crippen LogP contribution >= 0.6 is 35.4 Å². The molecule has 0 aromatic heterocycles. The van der Waals surface area contributed by atoms with Gasteiger partial charge in [0, 0.05) is 10.7 Å². The van der Waals surface area contributed by atoms with E-state index >= 15 is 0 Å². The summed E-state index contributed by atoms with van der Waals surface area (Å²) in [7, 11) is 1.39. The highest BCUT2D eigenvalue weighted by molar-refractivity contribution is 7.80. The molecule has 0 saturated carbocycles. The van der Waals surface area contributed by atoms with Crippen molar-refractivity contribution in [2.24, 2.45) is 0 Å². The van der Waals surface area contributed by atoms with Crippen LogP contribution in [0.5, 0.6) is 11.5 Å². The number of anilines is 1. The Morgan fingerprint density at radius 1 is 1.13 bits per heavy atom. The first-order valence-electron chi connectivity index (χ1n) is 8.71. The zero-order chi connectivity index (χ0) is 22.5. The zero-order valence-electron chi connectivity index (χ0n) is 16.0. The molecule has 0 atom stereocenters. The van der Waals surface area contributed by atoms with E-state index in [1.807, 2.05) is 0 Å². The smallest absolute Gasteiger partial charge is 0.263 e. The molecule has 160 valence electrons. The number of methoxy groups -OCH3 is 1. The summed E-state index contributed by atoms with van der Waals surface area (Å²) in [6.07, 6.45) is 1.33. The van der Waals surface area contributed by atoms with E-state index in [4.69, 9.17) is 44.9 Å². The molecule has 31 heavy (non-hydrogen) atoms. The molecule has 1 aliphatic heterocycles. The van der Waals surface area contributed by atoms with E-state index in [1.54, 1.807) is 24.3 Å². The number of carbonyl (C=O) groups excluding carboxylic acids is 3. The molecule has 1 fully saturated rings. The van der Waals surface area contributed by atoms with Gasteiger partial charge in [0.15, 0.2) is 23.2 Å². The van der Waals surface area contributed by atoms with Crippen molar-refractivity contribution in [2.45, 2.75) is 0 Å². The van der Waals surface area contributed by atoms with Crippen molar-refractivity contribution in [3.05, 3.63) is 57.6 Å². The second-order valence-corrected chi connectivity index (χ2v) is 7.43. The van der Waals surface area contributed by atoms with Gasteiger partial charge in [-0.1, -0.05) is 23.2 Å². The van der Waals surface area contributed by atoms with Crippen LogP contribution < -0.4 is 25.4 Å². The molecule has 0 bridgehead atoms. The number of carbonyl (C=O) groups is 3. The van der Waals surface area contributed by atoms with Crippen LogP contribution in [-0.4, -0.2) is 36.6 Å². The third-order valence-corrected chi connectivity index (χ3v) is 4.72. The molecule has 3 N–H and O–H groups in total. The SMILES string of the molecule is COc1cc(C=C2C(=O)NC(=S)NC2=O)cc(Cl)c1OCC(=O)Nc1ccc(Cl)cc1. The minimum Gasteiger partial charge on any atom is -0.493 e. The van der Waals surface area contributed by atoms with E-state index in [9.17, 15) is 14.4 Å². The summed E-state index contributed by atoms with van der Waals surface area (Å²) >= 11 is 16.9. The van der Waals surface area contributed by atoms with Gasteiger partial charge in [-0.25, -0.2) is 0 Å². The van der Waals surface area contributed by atoms with Crippen LogP contribution in [0.4, 0.5) is 5.69 Å². The predicted molar refractivity (Wildman–Crippen MR) is 120 cm³/mol. The Morgan fingerprint density at radius 2 is 1.77 bits per heavy atom. The summed E-state index contributed by atoms with van der Waals surface area (Å²) in [5.74, 6) is -1.34. The number of ether oxygens (including phenoxy) is 2. The maximum atomic E-state index is 12.1. The molecule has 1 saturated heterocycles. The van der Waals surface area contributed by atoms with Gasteiger partial charge in [0.05, 0.1) is 12.1 Å². The molecule has 0 spiro atoms. The third kappa shape index (κ3) is 5.72. The summed E-state index contributed by atoms with van der Waals surface area (Å²) < 4.78 is 10.8. The van der Waals surface area contributed by atoms with Crippen molar-refractivity contribution in [1.29, 1.82) is 0 Å². The van der Waals surface area contributed by atoms with Gasteiger partial charge in [-0.2, -0.15) is 0 Å². The first kappa shape index (κ1) is 22.5. The molecule has 11 heteroatoms. The summed E-state index contributed by atoms with van der Waals surface area (Å²) in [6, 6.07) is 9.58. The molecule has 0 unspecified atom stereocenters. The van der Waals surface area contributed by atoms with Crippen molar-refractivity contribution in [3.8, 4) is 11.5 Å². The molecular formula is C20H15Cl2N3O5S. The fourth-order valence-electron chi connectivity index (χ4n) is 2.60. The second kappa shape index (κ2) is 9.78. The first-order valence-corrected chi connectivity index (χ1v) is 9.87. The fourth-order valence-corrected chi connectivity index (χ4v) is 3.19. The van der Waals surface area contributed by atoms with Gasteiger partial charge in [0.1, 0.15) is 5.57 Å². The zero-order valence-corrected chi connectivity index (χ0v) is 18.3. The number of halogens is 2. The Bertz CT molecular complexity index is 1080. The number of hydrogen-bond acceptors (Lipinski definition) is 6. The van der Waals surface area contributed by atoms with Gasteiger partial charge in [-0.3, -0.25) is 25.0 Å². The van der Waals surface area contributed by atoms with Crippen molar-refractivity contribution >= 4 is 70.0 Å². The number of nitrogens with one attached hydrogen (secondary N) is 3. The highest BCUT2D eigenvalue weighted by Crippen LogP contribution is 2.37. The van der Waals surface area contributed by atoms with Crippen LogP contribution in [0.1, 0.15) is 5.56 Å². The molecule has 3 amide bonds. The lowest BCUT2D eigenvalue weighted by atomic mass is 10.1. The normalized spacial score (nSPS) is 13.3. The average Bonchev–Trinajstić information content (AvgIpc) is 2.71. The maximum Gasteiger partial charge on any atom is 0.263 e. The standard InChI is InChI=1S/C20H15Cl2N3O5S/c1-29-15-8-10(6-13-18(27)24-20(31)25-19(13)28)7-14(22)17(15)30-9-16(26)23-12-4-2-11(21)3-5-12/h2-8H,9H2,1H3,(H,23,26)(H2,24,25,27,28,31). The third-order valence-electron chi connectivity index (χ3n) is 3.98. The Morgan fingerprint density at radius 3 is 2.39 bits per heavy atom. The van der Waals surface area contributed by atoms with Gasteiger partial charge >= 0.3 is 0 Å². The Kier molecular flexibility index (Phi) is 7.11.